The van der Waals surface area contributed by atoms with Crippen LogP contribution in [0.3, 0.4) is 0 Å². The van der Waals surface area contributed by atoms with Gasteiger partial charge in [-0.1, -0.05) is 41.7 Å². The summed E-state index contributed by atoms with van der Waals surface area (Å²) in [7, 11) is 1.52. The molecule has 0 radical (unpaired) electrons. The minimum Gasteiger partial charge on any atom is -0.496 e. The zero-order valence-corrected chi connectivity index (χ0v) is 17.1. The lowest BCUT2D eigenvalue weighted by molar-refractivity contribution is -0.136. The van der Waals surface area contributed by atoms with Gasteiger partial charge in [-0.15, -0.1) is 10.2 Å². The second-order valence-electron chi connectivity index (χ2n) is 5.77. The maximum absolute atomic E-state index is 12.1. The molecule has 154 valence electrons. The molecule has 3 aromatic rings. The summed E-state index contributed by atoms with van der Waals surface area (Å²) >= 11 is 1.16. The molecule has 0 spiro atoms. The third kappa shape index (κ3) is 5.39. The van der Waals surface area contributed by atoms with E-state index in [-0.39, 0.29) is 5.13 Å². The van der Waals surface area contributed by atoms with Crippen molar-refractivity contribution < 1.29 is 19.1 Å². The van der Waals surface area contributed by atoms with Crippen LogP contribution in [0, 0.1) is 0 Å². The van der Waals surface area contributed by atoms with Crippen molar-refractivity contribution in [3.05, 3.63) is 54.1 Å². The van der Waals surface area contributed by atoms with Crippen molar-refractivity contribution in [3.8, 4) is 22.1 Å². The molecule has 0 fully saturated rings. The molecular formula is C20H19N5O4S. The zero-order chi connectivity index (χ0) is 21.3. The molecule has 0 bridgehead atoms. The molecule has 9 nitrogen and oxygen atoms in total. The van der Waals surface area contributed by atoms with Gasteiger partial charge in [0, 0.05) is 11.1 Å². The summed E-state index contributed by atoms with van der Waals surface area (Å²) < 4.78 is 10.7. The first-order valence-electron chi connectivity index (χ1n) is 8.95. The minimum atomic E-state index is -0.942. The van der Waals surface area contributed by atoms with Crippen LogP contribution in [-0.2, 0) is 9.59 Å². The number of aromatic nitrogens is 2. The van der Waals surface area contributed by atoms with Gasteiger partial charge in [0.25, 0.3) is 0 Å². The zero-order valence-electron chi connectivity index (χ0n) is 16.3. The van der Waals surface area contributed by atoms with E-state index in [1.165, 1.54) is 13.3 Å². The summed E-state index contributed by atoms with van der Waals surface area (Å²) in [6.45, 7) is 2.38. The van der Waals surface area contributed by atoms with E-state index >= 15 is 0 Å². The monoisotopic (exact) mass is 425 g/mol. The van der Waals surface area contributed by atoms with Crippen LogP contribution in [0.2, 0.25) is 0 Å². The maximum Gasteiger partial charge on any atom is 0.329 e. The Morgan fingerprint density at radius 2 is 1.93 bits per heavy atom. The summed E-state index contributed by atoms with van der Waals surface area (Å²) in [5, 5.41) is 15.0. The molecule has 2 aromatic carbocycles. The highest BCUT2D eigenvalue weighted by atomic mass is 32.1. The van der Waals surface area contributed by atoms with Crippen LogP contribution >= 0.6 is 11.3 Å². The molecule has 2 amide bonds. The Kier molecular flexibility index (Phi) is 7.06. The number of carbonyl (C=O) groups is 2. The number of carbonyl (C=O) groups excluding carboxylic acids is 2. The van der Waals surface area contributed by atoms with Crippen LogP contribution in [0.15, 0.2) is 53.6 Å². The highest BCUT2D eigenvalue weighted by Gasteiger charge is 2.16. The number of rotatable bonds is 7. The number of anilines is 1. The van der Waals surface area contributed by atoms with Crippen molar-refractivity contribution in [3.63, 3.8) is 0 Å². The van der Waals surface area contributed by atoms with Gasteiger partial charge in [-0.2, -0.15) is 5.10 Å². The Morgan fingerprint density at radius 3 is 2.67 bits per heavy atom. The van der Waals surface area contributed by atoms with E-state index in [1.807, 2.05) is 37.3 Å². The van der Waals surface area contributed by atoms with Gasteiger partial charge in [0.1, 0.15) is 16.5 Å². The topological polar surface area (TPSA) is 115 Å². The van der Waals surface area contributed by atoms with Crippen LogP contribution in [0.4, 0.5) is 5.13 Å². The molecule has 10 heteroatoms. The molecule has 0 aliphatic heterocycles. The predicted octanol–water partition coefficient (Wildman–Crippen LogP) is 2.70. The smallest absolute Gasteiger partial charge is 0.329 e. The molecule has 0 unspecified atom stereocenters. The largest absolute Gasteiger partial charge is 0.496 e. The number of ether oxygens (including phenoxy) is 2. The quantitative estimate of drug-likeness (QED) is 0.342. The lowest BCUT2D eigenvalue weighted by atomic mass is 10.2. The number of amides is 2. The van der Waals surface area contributed by atoms with E-state index in [0.29, 0.717) is 28.7 Å². The number of hydrogen-bond donors (Lipinski definition) is 2. The van der Waals surface area contributed by atoms with E-state index in [9.17, 15) is 9.59 Å². The summed E-state index contributed by atoms with van der Waals surface area (Å²) in [6.07, 6.45) is 1.37. The van der Waals surface area contributed by atoms with Gasteiger partial charge >= 0.3 is 11.8 Å². The third-order valence-electron chi connectivity index (χ3n) is 3.75. The van der Waals surface area contributed by atoms with Crippen molar-refractivity contribution in [2.45, 2.75) is 6.92 Å². The van der Waals surface area contributed by atoms with Gasteiger partial charge in [0.05, 0.1) is 19.9 Å². The summed E-state index contributed by atoms with van der Waals surface area (Å²) in [5.41, 5.74) is 3.62. The molecule has 0 saturated carbocycles. The lowest BCUT2D eigenvalue weighted by Crippen LogP contribution is -2.32. The van der Waals surface area contributed by atoms with Crippen molar-refractivity contribution >= 4 is 34.5 Å². The molecular weight excluding hydrogens is 406 g/mol. The van der Waals surface area contributed by atoms with Gasteiger partial charge in [0.2, 0.25) is 5.13 Å². The molecule has 0 aliphatic carbocycles. The minimum absolute atomic E-state index is 0.212. The SMILES string of the molecule is CCOc1ccc(OC)c(/C=N\NC(=O)C(=O)Nc2nnc(-c3ccccc3)s2)c1. The second-order valence-corrected chi connectivity index (χ2v) is 6.75. The van der Waals surface area contributed by atoms with E-state index in [1.54, 1.807) is 18.2 Å². The number of hydrazone groups is 1. The normalized spacial score (nSPS) is 10.6. The maximum atomic E-state index is 12.1. The van der Waals surface area contributed by atoms with Crippen LogP contribution in [0.1, 0.15) is 12.5 Å². The Morgan fingerprint density at radius 1 is 1.13 bits per heavy atom. The lowest BCUT2D eigenvalue weighted by Gasteiger charge is -2.08. The number of nitrogens with one attached hydrogen (secondary N) is 2. The van der Waals surface area contributed by atoms with Gasteiger partial charge < -0.3 is 9.47 Å². The fourth-order valence-electron chi connectivity index (χ4n) is 2.41. The molecule has 1 aromatic heterocycles. The average Bonchev–Trinajstić information content (AvgIpc) is 3.23. The standard InChI is InChI=1S/C20H19N5O4S/c1-3-29-15-9-10-16(28-2)14(11-15)12-21-23-18(27)17(26)22-20-25-24-19(30-20)13-7-5-4-6-8-13/h4-12H,3H2,1-2H3,(H,23,27)(H,22,25,26)/b21-12-. The number of nitrogens with zero attached hydrogens (tertiary/aromatic N) is 3. The fourth-order valence-corrected chi connectivity index (χ4v) is 3.15. The molecule has 1 heterocycles. The first kappa shape index (κ1) is 20.9. The average molecular weight is 425 g/mol. The molecule has 0 saturated heterocycles. The van der Waals surface area contributed by atoms with E-state index in [4.69, 9.17) is 9.47 Å². The van der Waals surface area contributed by atoms with Gasteiger partial charge in [-0.25, -0.2) is 5.43 Å². The second kappa shape index (κ2) is 10.1. The third-order valence-corrected chi connectivity index (χ3v) is 4.64. The molecule has 30 heavy (non-hydrogen) atoms. The Bertz CT molecular complexity index is 1050. The van der Waals surface area contributed by atoms with Crippen molar-refractivity contribution in [1.82, 2.24) is 15.6 Å². The highest BCUT2D eigenvalue weighted by Crippen LogP contribution is 2.26. The van der Waals surface area contributed by atoms with Crippen LogP contribution in [0.5, 0.6) is 11.5 Å². The van der Waals surface area contributed by atoms with E-state index in [2.05, 4.69) is 26.0 Å². The van der Waals surface area contributed by atoms with Gasteiger partial charge in [0.15, 0.2) is 0 Å². The summed E-state index contributed by atoms with van der Waals surface area (Å²) in [6, 6.07) is 14.6. The molecule has 3 rings (SSSR count). The van der Waals surface area contributed by atoms with Gasteiger partial charge in [-0.3, -0.25) is 14.9 Å². The number of methoxy groups -OCH3 is 1. The fraction of sp³-hybridized carbons (Fsp3) is 0.150. The van der Waals surface area contributed by atoms with Crippen LogP contribution in [0.25, 0.3) is 10.6 Å². The van der Waals surface area contributed by atoms with Gasteiger partial charge in [-0.05, 0) is 25.1 Å². The number of benzene rings is 2. The van der Waals surface area contributed by atoms with E-state index < -0.39 is 11.8 Å². The predicted molar refractivity (Wildman–Crippen MR) is 114 cm³/mol. The number of hydrogen-bond acceptors (Lipinski definition) is 8. The first-order chi connectivity index (χ1) is 14.6. The summed E-state index contributed by atoms with van der Waals surface area (Å²) in [5.74, 6) is -0.668. The van der Waals surface area contributed by atoms with Crippen molar-refractivity contribution in [1.29, 1.82) is 0 Å². The summed E-state index contributed by atoms with van der Waals surface area (Å²) in [4.78, 5) is 24.1. The Hall–Kier alpha value is -3.79. The molecule has 2 N–H and O–H groups in total. The van der Waals surface area contributed by atoms with Crippen molar-refractivity contribution in [2.75, 3.05) is 19.0 Å². The highest BCUT2D eigenvalue weighted by molar-refractivity contribution is 7.18. The van der Waals surface area contributed by atoms with E-state index in [0.717, 1.165) is 16.9 Å². The van der Waals surface area contributed by atoms with Crippen molar-refractivity contribution in [2.24, 2.45) is 5.10 Å². The Labute approximate surface area is 176 Å². The first-order valence-corrected chi connectivity index (χ1v) is 9.76. The van der Waals surface area contributed by atoms with Crippen LogP contribution in [-0.4, -0.2) is 41.9 Å². The molecule has 0 atom stereocenters. The Balaban J connectivity index is 1.59. The molecule has 0 aliphatic rings. The van der Waals surface area contributed by atoms with Crippen LogP contribution < -0.4 is 20.2 Å².